The SMILES string of the molecule is N#Cc1ccc(CN(Cc2ccc(Cl)c(Cl)c2)CC2CCC(CN)CC2)cc1. The van der Waals surface area contributed by atoms with E-state index in [-0.39, 0.29) is 0 Å². The highest BCUT2D eigenvalue weighted by atomic mass is 35.5. The first-order chi connectivity index (χ1) is 13.6. The van der Waals surface area contributed by atoms with Crippen LogP contribution in [0.1, 0.15) is 42.4 Å². The molecule has 0 unspecified atom stereocenters. The molecule has 1 aliphatic carbocycles. The van der Waals surface area contributed by atoms with E-state index in [9.17, 15) is 0 Å². The second kappa shape index (κ2) is 10.3. The van der Waals surface area contributed by atoms with Crippen LogP contribution in [-0.4, -0.2) is 18.0 Å². The predicted molar refractivity (Wildman–Crippen MR) is 116 cm³/mol. The zero-order chi connectivity index (χ0) is 19.9. The normalized spacial score (nSPS) is 19.5. The monoisotopic (exact) mass is 415 g/mol. The maximum atomic E-state index is 9.02. The number of nitrogens with zero attached hydrogens (tertiary/aromatic N) is 2. The van der Waals surface area contributed by atoms with Gasteiger partial charge in [-0.05, 0) is 79.5 Å². The third-order valence-corrected chi connectivity index (χ3v) is 6.43. The summed E-state index contributed by atoms with van der Waals surface area (Å²) >= 11 is 12.3. The van der Waals surface area contributed by atoms with Crippen molar-refractivity contribution in [2.75, 3.05) is 13.1 Å². The van der Waals surface area contributed by atoms with Crippen LogP contribution in [0.15, 0.2) is 42.5 Å². The van der Waals surface area contributed by atoms with Gasteiger partial charge in [-0.15, -0.1) is 0 Å². The molecular formula is C23H27Cl2N3. The molecule has 0 aliphatic heterocycles. The van der Waals surface area contributed by atoms with Crippen LogP contribution < -0.4 is 5.73 Å². The van der Waals surface area contributed by atoms with Gasteiger partial charge >= 0.3 is 0 Å². The summed E-state index contributed by atoms with van der Waals surface area (Å²) in [6.45, 7) is 3.54. The first kappa shape index (κ1) is 21.1. The van der Waals surface area contributed by atoms with E-state index in [1.165, 1.54) is 36.8 Å². The summed E-state index contributed by atoms with van der Waals surface area (Å²) in [7, 11) is 0. The average molecular weight is 416 g/mol. The van der Waals surface area contributed by atoms with Gasteiger partial charge in [-0.25, -0.2) is 0 Å². The minimum absolute atomic E-state index is 0.587. The zero-order valence-corrected chi connectivity index (χ0v) is 17.6. The lowest BCUT2D eigenvalue weighted by molar-refractivity contribution is 0.170. The van der Waals surface area contributed by atoms with Gasteiger partial charge in [-0.2, -0.15) is 5.26 Å². The number of nitriles is 1. The molecule has 0 bridgehead atoms. The summed E-state index contributed by atoms with van der Waals surface area (Å²) in [5.41, 5.74) is 8.92. The van der Waals surface area contributed by atoms with Crippen LogP contribution >= 0.6 is 23.2 Å². The van der Waals surface area contributed by atoms with Gasteiger partial charge in [0.15, 0.2) is 0 Å². The molecule has 2 N–H and O–H groups in total. The first-order valence-electron chi connectivity index (χ1n) is 9.92. The van der Waals surface area contributed by atoms with Crippen molar-refractivity contribution in [3.8, 4) is 6.07 Å². The van der Waals surface area contributed by atoms with Crippen molar-refractivity contribution < 1.29 is 0 Å². The molecule has 3 nitrogen and oxygen atoms in total. The standard InChI is InChI=1S/C23H27Cl2N3/c24-22-10-9-21(11-23(22)25)16-28(14-19-5-1-17(12-26)2-6-19)15-20-7-3-18(13-27)4-8-20/h1-2,5-6,9-11,18,20H,3-4,7-8,13-16,27H2. The first-order valence-corrected chi connectivity index (χ1v) is 10.7. The number of benzene rings is 2. The number of nitrogens with two attached hydrogens (primary N) is 1. The van der Waals surface area contributed by atoms with Crippen LogP contribution in [0.2, 0.25) is 10.0 Å². The van der Waals surface area contributed by atoms with Crippen molar-refractivity contribution in [2.24, 2.45) is 17.6 Å². The van der Waals surface area contributed by atoms with Crippen molar-refractivity contribution in [2.45, 2.75) is 38.8 Å². The van der Waals surface area contributed by atoms with Crippen molar-refractivity contribution >= 4 is 23.2 Å². The molecule has 1 fully saturated rings. The van der Waals surface area contributed by atoms with Crippen molar-refractivity contribution in [3.05, 3.63) is 69.2 Å². The third kappa shape index (κ3) is 5.96. The van der Waals surface area contributed by atoms with E-state index < -0.39 is 0 Å². The molecule has 0 saturated heterocycles. The van der Waals surface area contributed by atoms with E-state index in [1.54, 1.807) is 0 Å². The molecule has 0 aromatic heterocycles. The Morgan fingerprint density at radius 1 is 0.893 bits per heavy atom. The Balaban J connectivity index is 1.70. The Kier molecular flexibility index (Phi) is 7.76. The molecule has 2 aromatic carbocycles. The Hall–Kier alpha value is -1.57. The van der Waals surface area contributed by atoms with Gasteiger partial charge in [-0.1, -0.05) is 41.4 Å². The third-order valence-electron chi connectivity index (χ3n) is 5.70. The lowest BCUT2D eigenvalue weighted by atomic mass is 9.82. The molecule has 0 atom stereocenters. The molecule has 2 aromatic rings. The molecule has 148 valence electrons. The predicted octanol–water partition coefficient (Wildman–Crippen LogP) is 5.63. The Labute approximate surface area is 178 Å². The van der Waals surface area contributed by atoms with Gasteiger partial charge in [0.1, 0.15) is 0 Å². The number of hydrogen-bond acceptors (Lipinski definition) is 3. The summed E-state index contributed by atoms with van der Waals surface area (Å²) in [4.78, 5) is 2.48. The molecular weight excluding hydrogens is 389 g/mol. The minimum atomic E-state index is 0.587. The van der Waals surface area contributed by atoms with E-state index in [4.69, 9.17) is 34.2 Å². The summed E-state index contributed by atoms with van der Waals surface area (Å²) < 4.78 is 0. The molecule has 0 spiro atoms. The highest BCUT2D eigenvalue weighted by Crippen LogP contribution is 2.30. The van der Waals surface area contributed by atoms with Crippen LogP contribution in [0, 0.1) is 23.2 Å². The largest absolute Gasteiger partial charge is 0.330 e. The molecule has 28 heavy (non-hydrogen) atoms. The highest BCUT2D eigenvalue weighted by Gasteiger charge is 2.22. The Morgan fingerprint density at radius 3 is 2.11 bits per heavy atom. The zero-order valence-electron chi connectivity index (χ0n) is 16.1. The highest BCUT2D eigenvalue weighted by molar-refractivity contribution is 6.42. The average Bonchev–Trinajstić information content (AvgIpc) is 2.72. The summed E-state index contributed by atoms with van der Waals surface area (Å²) in [6, 6.07) is 15.9. The van der Waals surface area contributed by atoms with Crippen LogP contribution in [0.5, 0.6) is 0 Å². The molecule has 0 radical (unpaired) electrons. The topological polar surface area (TPSA) is 53.0 Å². The fraction of sp³-hybridized carbons (Fsp3) is 0.435. The summed E-state index contributed by atoms with van der Waals surface area (Å²) in [5.74, 6) is 1.39. The quantitative estimate of drug-likeness (QED) is 0.636. The van der Waals surface area contributed by atoms with Gasteiger partial charge in [-0.3, -0.25) is 4.90 Å². The van der Waals surface area contributed by atoms with Crippen LogP contribution in [0.25, 0.3) is 0 Å². The van der Waals surface area contributed by atoms with E-state index in [0.29, 0.717) is 27.4 Å². The maximum absolute atomic E-state index is 9.02. The fourth-order valence-electron chi connectivity index (χ4n) is 4.04. The summed E-state index contributed by atoms with van der Waals surface area (Å²) in [6.07, 6.45) is 4.96. The van der Waals surface area contributed by atoms with Crippen molar-refractivity contribution in [3.63, 3.8) is 0 Å². The second-order valence-electron chi connectivity index (χ2n) is 7.85. The van der Waals surface area contributed by atoms with Gasteiger partial charge in [0, 0.05) is 19.6 Å². The molecule has 0 heterocycles. The van der Waals surface area contributed by atoms with E-state index in [1.807, 2.05) is 42.5 Å². The number of hydrogen-bond donors (Lipinski definition) is 1. The van der Waals surface area contributed by atoms with Crippen LogP contribution in [-0.2, 0) is 13.1 Å². The van der Waals surface area contributed by atoms with Gasteiger partial charge in [0.2, 0.25) is 0 Å². The molecule has 1 saturated carbocycles. The van der Waals surface area contributed by atoms with E-state index >= 15 is 0 Å². The van der Waals surface area contributed by atoms with Crippen LogP contribution in [0.3, 0.4) is 0 Å². The van der Waals surface area contributed by atoms with E-state index in [0.717, 1.165) is 26.2 Å². The lowest BCUT2D eigenvalue weighted by Crippen LogP contribution is -2.32. The minimum Gasteiger partial charge on any atom is -0.330 e. The number of halogens is 2. The fourth-order valence-corrected chi connectivity index (χ4v) is 4.36. The van der Waals surface area contributed by atoms with Gasteiger partial charge in [0.25, 0.3) is 0 Å². The molecule has 3 rings (SSSR count). The molecule has 5 heteroatoms. The lowest BCUT2D eigenvalue weighted by Gasteiger charge is -2.32. The molecule has 0 amide bonds. The smallest absolute Gasteiger partial charge is 0.0991 e. The number of rotatable bonds is 7. The van der Waals surface area contributed by atoms with E-state index in [2.05, 4.69) is 11.0 Å². The Morgan fingerprint density at radius 2 is 1.50 bits per heavy atom. The van der Waals surface area contributed by atoms with Gasteiger partial charge < -0.3 is 5.73 Å². The second-order valence-corrected chi connectivity index (χ2v) is 8.66. The van der Waals surface area contributed by atoms with Gasteiger partial charge in [0.05, 0.1) is 21.7 Å². The maximum Gasteiger partial charge on any atom is 0.0991 e. The molecule has 1 aliphatic rings. The Bertz CT molecular complexity index is 806. The van der Waals surface area contributed by atoms with Crippen LogP contribution in [0.4, 0.5) is 0 Å². The van der Waals surface area contributed by atoms with Crippen molar-refractivity contribution in [1.82, 2.24) is 4.90 Å². The van der Waals surface area contributed by atoms with Crippen molar-refractivity contribution in [1.29, 1.82) is 5.26 Å². The summed E-state index contributed by atoms with van der Waals surface area (Å²) in [5, 5.41) is 10.2.